The van der Waals surface area contributed by atoms with Gasteiger partial charge in [0, 0.05) is 37.9 Å². The summed E-state index contributed by atoms with van der Waals surface area (Å²) < 4.78 is 2.17. The molecular formula is C15H21N5O2. The molecule has 118 valence electrons. The Hall–Kier alpha value is -2.15. The standard InChI is InChI=1S/C15H21N5O2/c21-15(22)8-12-10-20(7-3-6-19-4-1-2-5-19)11-13(12)14-9-16-18-17-14/h1-2,4-5,9,12-13H,3,6-8,10-11H2,(H,21,22)(H,16,17,18)/t12-,13+/m1/s1. The number of aryl methyl sites for hydroxylation is 1. The molecule has 7 nitrogen and oxygen atoms in total. The first-order chi connectivity index (χ1) is 10.7. The molecule has 2 atom stereocenters. The fraction of sp³-hybridized carbons (Fsp3) is 0.533. The molecule has 2 N–H and O–H groups in total. The molecule has 0 amide bonds. The lowest BCUT2D eigenvalue weighted by Crippen LogP contribution is -2.23. The molecule has 1 saturated heterocycles. The number of aliphatic carboxylic acids is 1. The second-order valence-electron chi connectivity index (χ2n) is 5.89. The number of likely N-dealkylation sites (tertiary alicyclic amines) is 1. The van der Waals surface area contributed by atoms with Crippen molar-refractivity contribution in [1.29, 1.82) is 0 Å². The SMILES string of the molecule is O=C(O)C[C@@H]1CN(CCCn2cccc2)C[C@@H]1c1cn[nH]n1. The van der Waals surface area contributed by atoms with Gasteiger partial charge in [-0.1, -0.05) is 0 Å². The number of nitrogens with zero attached hydrogens (tertiary/aromatic N) is 4. The molecule has 0 saturated carbocycles. The second kappa shape index (κ2) is 6.74. The number of rotatable bonds is 7. The Bertz CT molecular complexity index is 581. The van der Waals surface area contributed by atoms with Gasteiger partial charge in [0.05, 0.1) is 18.3 Å². The zero-order valence-corrected chi connectivity index (χ0v) is 12.4. The van der Waals surface area contributed by atoms with Crippen LogP contribution in [0.25, 0.3) is 0 Å². The smallest absolute Gasteiger partial charge is 0.303 e. The van der Waals surface area contributed by atoms with Crippen LogP contribution < -0.4 is 0 Å². The third kappa shape index (κ3) is 3.54. The third-order valence-electron chi connectivity index (χ3n) is 4.32. The summed E-state index contributed by atoms with van der Waals surface area (Å²) in [5.41, 5.74) is 0.874. The van der Waals surface area contributed by atoms with Crippen molar-refractivity contribution in [2.75, 3.05) is 19.6 Å². The minimum atomic E-state index is -0.743. The number of carboxylic acid groups (broad SMARTS) is 1. The van der Waals surface area contributed by atoms with Crippen LogP contribution in [0, 0.1) is 5.92 Å². The molecule has 0 aromatic carbocycles. The van der Waals surface area contributed by atoms with Crippen LogP contribution in [-0.4, -0.2) is 55.6 Å². The van der Waals surface area contributed by atoms with Crippen molar-refractivity contribution in [3.8, 4) is 0 Å². The van der Waals surface area contributed by atoms with Gasteiger partial charge in [-0.25, -0.2) is 0 Å². The molecular weight excluding hydrogens is 282 g/mol. The van der Waals surface area contributed by atoms with Gasteiger partial charge >= 0.3 is 5.97 Å². The van der Waals surface area contributed by atoms with Gasteiger partial charge in [-0.05, 0) is 31.0 Å². The number of hydrogen-bond acceptors (Lipinski definition) is 4. The average molecular weight is 303 g/mol. The van der Waals surface area contributed by atoms with Crippen LogP contribution in [0.4, 0.5) is 0 Å². The molecule has 22 heavy (non-hydrogen) atoms. The summed E-state index contributed by atoms with van der Waals surface area (Å²) in [7, 11) is 0. The van der Waals surface area contributed by atoms with Crippen molar-refractivity contribution < 1.29 is 9.90 Å². The summed E-state index contributed by atoms with van der Waals surface area (Å²) >= 11 is 0. The van der Waals surface area contributed by atoms with Crippen molar-refractivity contribution in [1.82, 2.24) is 24.9 Å². The van der Waals surface area contributed by atoms with E-state index >= 15 is 0 Å². The van der Waals surface area contributed by atoms with Crippen LogP contribution in [0.2, 0.25) is 0 Å². The molecule has 2 aromatic heterocycles. The minimum absolute atomic E-state index is 0.106. The van der Waals surface area contributed by atoms with E-state index in [1.807, 2.05) is 12.1 Å². The summed E-state index contributed by atoms with van der Waals surface area (Å²) in [5.74, 6) is -0.483. The Labute approximate surface area is 128 Å². The zero-order chi connectivity index (χ0) is 15.4. The van der Waals surface area contributed by atoms with Gasteiger partial charge in [0.25, 0.3) is 0 Å². The second-order valence-corrected chi connectivity index (χ2v) is 5.89. The first-order valence-corrected chi connectivity index (χ1v) is 7.63. The van der Waals surface area contributed by atoms with Crippen molar-refractivity contribution in [3.05, 3.63) is 36.4 Å². The number of nitrogens with one attached hydrogen (secondary N) is 1. The molecule has 0 aliphatic carbocycles. The monoisotopic (exact) mass is 303 g/mol. The first-order valence-electron chi connectivity index (χ1n) is 7.63. The molecule has 0 bridgehead atoms. The van der Waals surface area contributed by atoms with E-state index in [1.54, 1.807) is 6.20 Å². The molecule has 1 aliphatic heterocycles. The van der Waals surface area contributed by atoms with Crippen molar-refractivity contribution >= 4 is 5.97 Å². The molecule has 2 aromatic rings. The van der Waals surface area contributed by atoms with E-state index in [4.69, 9.17) is 5.11 Å². The van der Waals surface area contributed by atoms with Gasteiger partial charge in [-0.3, -0.25) is 4.79 Å². The van der Waals surface area contributed by atoms with Crippen LogP contribution in [0.1, 0.15) is 24.5 Å². The van der Waals surface area contributed by atoms with E-state index < -0.39 is 5.97 Å². The van der Waals surface area contributed by atoms with Crippen LogP contribution in [-0.2, 0) is 11.3 Å². The molecule has 3 heterocycles. The number of hydrogen-bond donors (Lipinski definition) is 2. The van der Waals surface area contributed by atoms with Crippen molar-refractivity contribution in [3.63, 3.8) is 0 Å². The number of carboxylic acids is 1. The highest BCUT2D eigenvalue weighted by atomic mass is 16.4. The van der Waals surface area contributed by atoms with E-state index in [2.05, 4.69) is 37.3 Å². The molecule has 0 spiro atoms. The van der Waals surface area contributed by atoms with Gasteiger partial charge in [0.2, 0.25) is 0 Å². The third-order valence-corrected chi connectivity index (χ3v) is 4.32. The lowest BCUT2D eigenvalue weighted by Gasteiger charge is -2.15. The first kappa shape index (κ1) is 14.8. The zero-order valence-electron chi connectivity index (χ0n) is 12.4. The topological polar surface area (TPSA) is 87.0 Å². The molecule has 1 aliphatic rings. The van der Waals surface area contributed by atoms with E-state index in [-0.39, 0.29) is 18.3 Å². The summed E-state index contributed by atoms with van der Waals surface area (Å²) in [6.07, 6.45) is 7.08. The summed E-state index contributed by atoms with van der Waals surface area (Å²) in [5, 5.41) is 19.7. The highest BCUT2D eigenvalue weighted by molar-refractivity contribution is 5.67. The largest absolute Gasteiger partial charge is 0.481 e. The van der Waals surface area contributed by atoms with Gasteiger partial charge in [0.1, 0.15) is 0 Å². The van der Waals surface area contributed by atoms with Crippen LogP contribution >= 0.6 is 0 Å². The number of carbonyl (C=O) groups is 1. The van der Waals surface area contributed by atoms with E-state index in [1.165, 1.54) is 0 Å². The highest BCUT2D eigenvalue weighted by Gasteiger charge is 2.36. The van der Waals surface area contributed by atoms with E-state index in [0.29, 0.717) is 0 Å². The Morgan fingerprint density at radius 2 is 2.14 bits per heavy atom. The summed E-state index contributed by atoms with van der Waals surface area (Å²) in [6, 6.07) is 4.05. The quantitative estimate of drug-likeness (QED) is 0.802. The van der Waals surface area contributed by atoms with Gasteiger partial charge in [-0.2, -0.15) is 15.4 Å². The van der Waals surface area contributed by atoms with Crippen molar-refractivity contribution in [2.45, 2.75) is 25.3 Å². The maximum absolute atomic E-state index is 11.1. The Morgan fingerprint density at radius 1 is 1.32 bits per heavy atom. The number of H-pyrrole nitrogens is 1. The fourth-order valence-electron chi connectivity index (χ4n) is 3.29. The number of aromatic amines is 1. The van der Waals surface area contributed by atoms with E-state index in [0.717, 1.165) is 38.3 Å². The summed E-state index contributed by atoms with van der Waals surface area (Å²) in [4.78, 5) is 13.4. The normalized spacial score (nSPS) is 22.2. The van der Waals surface area contributed by atoms with Crippen LogP contribution in [0.15, 0.2) is 30.7 Å². The molecule has 7 heteroatoms. The van der Waals surface area contributed by atoms with Crippen molar-refractivity contribution in [2.24, 2.45) is 5.92 Å². The minimum Gasteiger partial charge on any atom is -0.481 e. The van der Waals surface area contributed by atoms with Gasteiger partial charge in [-0.15, -0.1) is 0 Å². The van der Waals surface area contributed by atoms with Gasteiger partial charge < -0.3 is 14.6 Å². The Kier molecular flexibility index (Phi) is 4.53. The molecule has 1 fully saturated rings. The average Bonchev–Trinajstić information content (AvgIpc) is 3.18. The highest BCUT2D eigenvalue weighted by Crippen LogP contribution is 2.33. The predicted octanol–water partition coefficient (Wildman–Crippen LogP) is 1.19. The fourth-order valence-corrected chi connectivity index (χ4v) is 3.29. The molecule has 0 unspecified atom stereocenters. The number of aromatic nitrogens is 4. The lowest BCUT2D eigenvalue weighted by atomic mass is 9.91. The van der Waals surface area contributed by atoms with Gasteiger partial charge in [0.15, 0.2) is 0 Å². The Morgan fingerprint density at radius 3 is 2.82 bits per heavy atom. The van der Waals surface area contributed by atoms with Crippen LogP contribution in [0.5, 0.6) is 0 Å². The maximum atomic E-state index is 11.1. The van der Waals surface area contributed by atoms with Crippen LogP contribution in [0.3, 0.4) is 0 Å². The molecule has 0 radical (unpaired) electrons. The Balaban J connectivity index is 1.56. The molecule has 3 rings (SSSR count). The lowest BCUT2D eigenvalue weighted by molar-refractivity contribution is -0.138. The van der Waals surface area contributed by atoms with E-state index in [9.17, 15) is 4.79 Å². The predicted molar refractivity (Wildman–Crippen MR) is 80.4 cm³/mol. The maximum Gasteiger partial charge on any atom is 0.303 e. The summed E-state index contributed by atoms with van der Waals surface area (Å²) in [6.45, 7) is 3.63.